The summed E-state index contributed by atoms with van der Waals surface area (Å²) in [5.41, 5.74) is 1.37. The Hall–Kier alpha value is -1.85. The van der Waals surface area contributed by atoms with Gasteiger partial charge in [-0.3, -0.25) is 14.6 Å². The molecule has 3 rings (SSSR count). The molecular formula is C21H31N3O2. The van der Waals surface area contributed by atoms with Crippen LogP contribution in [0.1, 0.15) is 24.8 Å². The summed E-state index contributed by atoms with van der Waals surface area (Å²) in [6, 6.07) is 8.32. The third-order valence-electron chi connectivity index (χ3n) is 5.97. The van der Waals surface area contributed by atoms with Gasteiger partial charge < -0.3 is 9.64 Å². The van der Waals surface area contributed by atoms with Gasteiger partial charge >= 0.3 is 0 Å². The van der Waals surface area contributed by atoms with Crippen molar-refractivity contribution in [2.75, 3.05) is 46.9 Å². The second-order valence-corrected chi connectivity index (χ2v) is 7.59. The molecule has 1 aromatic rings. The number of piperazine rings is 1. The summed E-state index contributed by atoms with van der Waals surface area (Å²) < 4.78 is 5.36. The van der Waals surface area contributed by atoms with Crippen molar-refractivity contribution in [2.45, 2.75) is 31.3 Å². The van der Waals surface area contributed by atoms with Crippen molar-refractivity contribution >= 4 is 5.91 Å². The van der Waals surface area contributed by atoms with E-state index in [1.54, 1.807) is 7.11 Å². The van der Waals surface area contributed by atoms with Gasteiger partial charge in [0, 0.05) is 51.2 Å². The zero-order valence-electron chi connectivity index (χ0n) is 16.1. The summed E-state index contributed by atoms with van der Waals surface area (Å²) in [5, 5.41) is 0. The normalized spacial score (nSPS) is 25.3. The third kappa shape index (κ3) is 4.10. The number of carbonyl (C=O) groups is 1. The average molecular weight is 357 g/mol. The molecule has 1 atom stereocenters. The Kier molecular flexibility index (Phi) is 5.99. The molecular weight excluding hydrogens is 326 g/mol. The van der Waals surface area contributed by atoms with Crippen molar-refractivity contribution in [3.05, 3.63) is 42.5 Å². The Morgan fingerprint density at radius 2 is 2.12 bits per heavy atom. The number of benzene rings is 1. The first-order valence-electron chi connectivity index (χ1n) is 9.51. The Morgan fingerprint density at radius 3 is 2.88 bits per heavy atom. The van der Waals surface area contributed by atoms with Crippen LogP contribution in [0.4, 0.5) is 0 Å². The maximum absolute atomic E-state index is 12.4. The van der Waals surface area contributed by atoms with Crippen molar-refractivity contribution in [1.82, 2.24) is 14.7 Å². The van der Waals surface area contributed by atoms with E-state index in [0.29, 0.717) is 13.0 Å². The van der Waals surface area contributed by atoms with Crippen molar-refractivity contribution in [2.24, 2.45) is 0 Å². The maximum Gasteiger partial charge on any atom is 0.222 e. The van der Waals surface area contributed by atoms with Gasteiger partial charge in [-0.1, -0.05) is 18.2 Å². The first kappa shape index (κ1) is 18.9. The fraction of sp³-hybridized carbons (Fsp3) is 0.571. The molecule has 1 spiro atoms. The number of carbonyl (C=O) groups excluding carboxylic acids is 1. The molecule has 0 bridgehead atoms. The summed E-state index contributed by atoms with van der Waals surface area (Å²) in [6.45, 7) is 9.30. The Balaban J connectivity index is 1.71. The monoisotopic (exact) mass is 357 g/mol. The van der Waals surface area contributed by atoms with Crippen LogP contribution in [0.2, 0.25) is 0 Å². The minimum Gasteiger partial charge on any atom is -0.497 e. The molecule has 2 aliphatic rings. The molecule has 0 aromatic heterocycles. The number of likely N-dealkylation sites (N-methyl/N-ethyl adjacent to an activating group) is 1. The number of likely N-dealkylation sites (tertiary alicyclic amines) is 1. The first-order chi connectivity index (χ1) is 12.6. The second kappa shape index (κ2) is 8.23. The molecule has 0 saturated carbocycles. The van der Waals surface area contributed by atoms with Gasteiger partial charge in [-0.05, 0) is 37.6 Å². The quantitative estimate of drug-likeness (QED) is 0.758. The van der Waals surface area contributed by atoms with Gasteiger partial charge in [0.15, 0.2) is 0 Å². The standard InChI is InChI=1S/C21H31N3O2/c1-4-11-24-12-10-21(9-8-20(24)25)17-23(14-13-22(21)2)16-18-6-5-7-19(15-18)26-3/h4-7,15H,1,8-14,16-17H2,2-3H3/t21-/m1/s1. The van der Waals surface area contributed by atoms with Crippen molar-refractivity contribution in [3.8, 4) is 5.75 Å². The van der Waals surface area contributed by atoms with Gasteiger partial charge in [-0.15, -0.1) is 6.58 Å². The van der Waals surface area contributed by atoms with Gasteiger partial charge in [0.05, 0.1) is 7.11 Å². The Labute approximate surface area is 157 Å². The SMILES string of the molecule is C=CCN1CC[C@]2(CCC1=O)CN(Cc1cccc(OC)c1)CCN2C. The van der Waals surface area contributed by atoms with Crippen LogP contribution in [-0.4, -0.2) is 73.0 Å². The summed E-state index contributed by atoms with van der Waals surface area (Å²) in [6.07, 6.45) is 4.42. The van der Waals surface area contributed by atoms with Crippen LogP contribution in [0.5, 0.6) is 5.75 Å². The maximum atomic E-state index is 12.4. The number of ether oxygens (including phenoxy) is 1. The van der Waals surface area contributed by atoms with Crippen LogP contribution in [-0.2, 0) is 11.3 Å². The lowest BCUT2D eigenvalue weighted by Crippen LogP contribution is -2.60. The van der Waals surface area contributed by atoms with E-state index in [2.05, 4.69) is 41.6 Å². The molecule has 26 heavy (non-hydrogen) atoms. The molecule has 5 heteroatoms. The van der Waals surface area contributed by atoms with Gasteiger partial charge in [-0.2, -0.15) is 0 Å². The molecule has 2 saturated heterocycles. The van der Waals surface area contributed by atoms with Crippen LogP contribution in [0.25, 0.3) is 0 Å². The number of rotatable bonds is 5. The van der Waals surface area contributed by atoms with Gasteiger partial charge in [-0.25, -0.2) is 0 Å². The number of amides is 1. The van der Waals surface area contributed by atoms with E-state index in [-0.39, 0.29) is 11.4 Å². The van der Waals surface area contributed by atoms with Gasteiger partial charge in [0.1, 0.15) is 5.75 Å². The largest absolute Gasteiger partial charge is 0.497 e. The Morgan fingerprint density at radius 1 is 1.27 bits per heavy atom. The average Bonchev–Trinajstić information content (AvgIpc) is 2.80. The van der Waals surface area contributed by atoms with E-state index < -0.39 is 0 Å². The highest BCUT2D eigenvalue weighted by molar-refractivity contribution is 5.76. The zero-order valence-corrected chi connectivity index (χ0v) is 16.1. The fourth-order valence-corrected chi connectivity index (χ4v) is 4.29. The zero-order chi connectivity index (χ0) is 18.6. The highest BCUT2D eigenvalue weighted by Crippen LogP contribution is 2.32. The van der Waals surface area contributed by atoms with Crippen molar-refractivity contribution in [3.63, 3.8) is 0 Å². The van der Waals surface area contributed by atoms with E-state index in [9.17, 15) is 4.79 Å². The minimum atomic E-state index is 0.0860. The molecule has 0 aliphatic carbocycles. The van der Waals surface area contributed by atoms with Crippen LogP contribution in [0.15, 0.2) is 36.9 Å². The molecule has 1 aromatic carbocycles. The first-order valence-corrected chi connectivity index (χ1v) is 9.51. The molecule has 0 radical (unpaired) electrons. The predicted molar refractivity (Wildman–Crippen MR) is 104 cm³/mol. The smallest absolute Gasteiger partial charge is 0.222 e. The molecule has 142 valence electrons. The summed E-state index contributed by atoms with van der Waals surface area (Å²) in [5.74, 6) is 1.17. The lowest BCUT2D eigenvalue weighted by Gasteiger charge is -2.49. The molecule has 2 fully saturated rings. The molecule has 0 N–H and O–H groups in total. The van der Waals surface area contributed by atoms with Crippen LogP contribution >= 0.6 is 0 Å². The van der Waals surface area contributed by atoms with Gasteiger partial charge in [0.2, 0.25) is 5.91 Å². The molecule has 2 heterocycles. The topological polar surface area (TPSA) is 36.0 Å². The number of hydrogen-bond acceptors (Lipinski definition) is 4. The van der Waals surface area contributed by atoms with E-state index in [1.165, 1.54) is 5.56 Å². The van der Waals surface area contributed by atoms with Gasteiger partial charge in [0.25, 0.3) is 0 Å². The third-order valence-corrected chi connectivity index (χ3v) is 5.97. The summed E-state index contributed by atoms with van der Waals surface area (Å²) in [4.78, 5) is 19.4. The van der Waals surface area contributed by atoms with E-state index in [4.69, 9.17) is 4.74 Å². The highest BCUT2D eigenvalue weighted by Gasteiger charge is 2.42. The van der Waals surface area contributed by atoms with Crippen LogP contribution in [0, 0.1) is 0 Å². The van der Waals surface area contributed by atoms with E-state index in [1.807, 2.05) is 17.0 Å². The number of methoxy groups -OCH3 is 1. The van der Waals surface area contributed by atoms with Crippen molar-refractivity contribution in [1.29, 1.82) is 0 Å². The van der Waals surface area contributed by atoms with E-state index >= 15 is 0 Å². The van der Waals surface area contributed by atoms with E-state index in [0.717, 1.165) is 51.3 Å². The summed E-state index contributed by atoms with van der Waals surface area (Å²) in [7, 11) is 3.93. The second-order valence-electron chi connectivity index (χ2n) is 7.59. The molecule has 1 amide bonds. The van der Waals surface area contributed by atoms with Crippen LogP contribution in [0.3, 0.4) is 0 Å². The molecule has 5 nitrogen and oxygen atoms in total. The highest BCUT2D eigenvalue weighted by atomic mass is 16.5. The molecule has 2 aliphatic heterocycles. The lowest BCUT2D eigenvalue weighted by atomic mass is 9.86. The summed E-state index contributed by atoms with van der Waals surface area (Å²) >= 11 is 0. The Bertz CT molecular complexity index is 648. The minimum absolute atomic E-state index is 0.0860. The fourth-order valence-electron chi connectivity index (χ4n) is 4.29. The van der Waals surface area contributed by atoms with Crippen molar-refractivity contribution < 1.29 is 9.53 Å². The lowest BCUT2D eigenvalue weighted by molar-refractivity contribution is -0.130. The van der Waals surface area contributed by atoms with Crippen LogP contribution < -0.4 is 4.74 Å². The molecule has 0 unspecified atom stereocenters. The number of hydrogen-bond donors (Lipinski definition) is 0. The predicted octanol–water partition coefficient (Wildman–Crippen LogP) is 2.38. The number of nitrogens with zero attached hydrogens (tertiary/aromatic N) is 3.